The van der Waals surface area contributed by atoms with Gasteiger partial charge in [-0.1, -0.05) is 49.4 Å². The van der Waals surface area contributed by atoms with Crippen LogP contribution in [0.3, 0.4) is 0 Å². The van der Waals surface area contributed by atoms with Crippen LogP contribution < -0.4 is 0 Å². The minimum Gasteiger partial charge on any atom is -0.366 e. The quantitative estimate of drug-likeness (QED) is 0.278. The van der Waals surface area contributed by atoms with E-state index >= 15 is 0 Å². The Bertz CT molecular complexity index is 537. The summed E-state index contributed by atoms with van der Waals surface area (Å²) >= 11 is 6.96. The third kappa shape index (κ3) is 7.97. The lowest BCUT2D eigenvalue weighted by Crippen LogP contribution is -2.29. The van der Waals surface area contributed by atoms with Gasteiger partial charge in [-0.05, 0) is 40.5 Å². The Labute approximate surface area is 204 Å². The average Bonchev–Trinajstić information content (AvgIpc) is 3.27. The number of hydrogen-bond acceptors (Lipinski definition) is 7. The van der Waals surface area contributed by atoms with Gasteiger partial charge in [0.15, 0.2) is 17.9 Å². The minimum atomic E-state index is -0.836. The molecule has 0 aliphatic carbocycles. The highest BCUT2D eigenvalue weighted by Crippen LogP contribution is 2.41. The van der Waals surface area contributed by atoms with Crippen LogP contribution in [-0.2, 0) is 28.4 Å². The first-order valence-electron chi connectivity index (χ1n) is 11.1. The second-order valence-electron chi connectivity index (χ2n) is 10.1. The van der Waals surface area contributed by atoms with Crippen molar-refractivity contribution >= 4 is 37.9 Å². The van der Waals surface area contributed by atoms with Crippen LogP contribution >= 0.6 is 31.2 Å². The SMILES string of the molecule is CC[C@H]1OC(Br)[C@@H]2OC(C)(C)O[C@H]12.CC[C@H]1OC(O)[C@@H]2OC(C)(C)O[C@H]12.C[Si](C)(C)Br. The van der Waals surface area contributed by atoms with Crippen LogP contribution in [0.25, 0.3) is 0 Å². The van der Waals surface area contributed by atoms with Crippen molar-refractivity contribution in [2.45, 2.75) is 134 Å². The molecule has 1 N–H and O–H groups in total. The van der Waals surface area contributed by atoms with Crippen LogP contribution in [0.4, 0.5) is 0 Å². The molecule has 0 amide bonds. The molecule has 2 unspecified atom stereocenters. The lowest BCUT2D eigenvalue weighted by atomic mass is 10.1. The van der Waals surface area contributed by atoms with Gasteiger partial charge >= 0.3 is 0 Å². The van der Waals surface area contributed by atoms with Crippen molar-refractivity contribution < 1.29 is 33.5 Å². The molecule has 4 aliphatic rings. The molecule has 10 heteroatoms. The molecule has 7 nitrogen and oxygen atoms in total. The van der Waals surface area contributed by atoms with Crippen LogP contribution in [0.1, 0.15) is 54.4 Å². The van der Waals surface area contributed by atoms with E-state index in [0.29, 0.717) is 0 Å². The van der Waals surface area contributed by atoms with Crippen molar-refractivity contribution in [1.82, 2.24) is 0 Å². The van der Waals surface area contributed by atoms with Gasteiger partial charge in [-0.3, -0.25) is 0 Å². The van der Waals surface area contributed by atoms with Gasteiger partial charge in [0.1, 0.15) is 36.1 Å². The summed E-state index contributed by atoms with van der Waals surface area (Å²) in [6.07, 6.45) is 0.773. The van der Waals surface area contributed by atoms with Crippen molar-refractivity contribution in [2.24, 2.45) is 0 Å². The van der Waals surface area contributed by atoms with Crippen molar-refractivity contribution in [3.8, 4) is 0 Å². The molecular formula is C21H40Br2O7Si. The molecule has 4 rings (SSSR count). The molecule has 4 heterocycles. The maximum atomic E-state index is 9.51. The summed E-state index contributed by atoms with van der Waals surface area (Å²) < 4.78 is 33.6. The third-order valence-corrected chi connectivity index (χ3v) is 5.76. The average molecular weight is 592 g/mol. The molecule has 184 valence electrons. The lowest BCUT2D eigenvalue weighted by Gasteiger charge is -2.21. The number of aliphatic hydroxyl groups is 1. The minimum absolute atomic E-state index is 0.0239. The van der Waals surface area contributed by atoms with Gasteiger partial charge in [-0.15, -0.1) is 15.3 Å². The van der Waals surface area contributed by atoms with E-state index in [9.17, 15) is 5.11 Å². The number of alkyl halides is 1. The lowest BCUT2D eigenvalue weighted by molar-refractivity contribution is -0.220. The van der Waals surface area contributed by atoms with E-state index < -0.39 is 24.6 Å². The summed E-state index contributed by atoms with van der Waals surface area (Å²) in [6, 6.07) is 0. The van der Waals surface area contributed by atoms with Gasteiger partial charge in [0.25, 0.3) is 0 Å². The smallest absolute Gasteiger partial charge is 0.184 e. The molecule has 0 spiro atoms. The van der Waals surface area contributed by atoms with E-state index in [-0.39, 0.29) is 41.6 Å². The summed E-state index contributed by atoms with van der Waals surface area (Å²) in [7, 11) is 0. The number of fused-ring (bicyclic) bond motifs is 2. The maximum absolute atomic E-state index is 9.51. The first-order chi connectivity index (χ1) is 14.1. The fraction of sp³-hybridized carbons (Fsp3) is 1.00. The fourth-order valence-electron chi connectivity index (χ4n) is 3.95. The Hall–Kier alpha value is 0.897. The van der Waals surface area contributed by atoms with E-state index in [2.05, 4.69) is 57.8 Å². The first kappa shape index (κ1) is 28.1. The molecule has 0 saturated carbocycles. The number of hydrogen-bond donors (Lipinski definition) is 1. The number of aliphatic hydroxyl groups excluding tert-OH is 1. The van der Waals surface area contributed by atoms with Crippen LogP contribution in [0.2, 0.25) is 19.6 Å². The third-order valence-electron chi connectivity index (χ3n) is 5.02. The highest BCUT2D eigenvalue weighted by atomic mass is 79.9. The zero-order valence-corrected chi connectivity index (χ0v) is 24.4. The normalized spacial score (nSPS) is 42.2. The summed E-state index contributed by atoms with van der Waals surface area (Å²) in [5.74, 6) is -1.05. The summed E-state index contributed by atoms with van der Waals surface area (Å²) in [5.41, 5.74) is 0. The van der Waals surface area contributed by atoms with E-state index in [4.69, 9.17) is 28.4 Å². The molecule has 4 saturated heterocycles. The van der Waals surface area contributed by atoms with Gasteiger partial charge in [-0.25, -0.2) is 0 Å². The van der Waals surface area contributed by atoms with Gasteiger partial charge in [0.2, 0.25) is 0 Å². The standard InChI is InChI=1S/C9H15BrO3.C9H16O4.C3H9BrSi/c2*1-4-5-6-7(8(10)11-5)13-9(2,3)12-6;1-5(2,3)4/h5-8H,4H2,1-3H3;5-8,10H,4H2,1-3H3;1-3H3/t2*5-,6-,7-,8?;/m11./s1. The van der Waals surface area contributed by atoms with Crippen LogP contribution in [0.5, 0.6) is 0 Å². The predicted octanol–water partition coefficient (Wildman–Crippen LogP) is 4.89. The van der Waals surface area contributed by atoms with E-state index in [1.165, 1.54) is 0 Å². The van der Waals surface area contributed by atoms with Crippen LogP contribution in [0, 0.1) is 0 Å². The Morgan fingerprint density at radius 3 is 1.55 bits per heavy atom. The summed E-state index contributed by atoms with van der Waals surface area (Å²) in [4.78, 5) is 0. The molecule has 0 aromatic carbocycles. The summed E-state index contributed by atoms with van der Waals surface area (Å²) in [5, 5.41) is 9.48. The molecule has 8 atom stereocenters. The fourth-order valence-corrected chi connectivity index (χ4v) is 4.63. The van der Waals surface area contributed by atoms with Crippen molar-refractivity contribution in [3.63, 3.8) is 0 Å². The van der Waals surface area contributed by atoms with Crippen molar-refractivity contribution in [2.75, 3.05) is 0 Å². The van der Waals surface area contributed by atoms with Gasteiger partial charge < -0.3 is 33.5 Å². The highest BCUT2D eigenvalue weighted by molar-refractivity contribution is 9.26. The number of rotatable bonds is 2. The molecule has 4 fully saturated rings. The monoisotopic (exact) mass is 590 g/mol. The largest absolute Gasteiger partial charge is 0.366 e. The van der Waals surface area contributed by atoms with Gasteiger partial charge in [-0.2, -0.15) is 0 Å². The molecule has 0 bridgehead atoms. The molecule has 0 aromatic heterocycles. The zero-order chi connectivity index (χ0) is 23.8. The van der Waals surface area contributed by atoms with Crippen LogP contribution in [0.15, 0.2) is 0 Å². The highest BCUT2D eigenvalue weighted by Gasteiger charge is 2.54. The van der Waals surface area contributed by atoms with Crippen LogP contribution in [-0.4, -0.2) is 71.3 Å². The maximum Gasteiger partial charge on any atom is 0.184 e. The molecular weight excluding hydrogens is 552 g/mol. The number of ether oxygens (including phenoxy) is 6. The Morgan fingerprint density at radius 1 is 0.742 bits per heavy atom. The van der Waals surface area contributed by atoms with Gasteiger partial charge in [0.05, 0.1) is 12.2 Å². The summed E-state index contributed by atoms with van der Waals surface area (Å²) in [6.45, 7) is 17.6. The van der Waals surface area contributed by atoms with E-state index in [0.717, 1.165) is 12.8 Å². The topological polar surface area (TPSA) is 75.6 Å². The Balaban J connectivity index is 0.000000182. The Morgan fingerprint density at radius 2 is 1.10 bits per heavy atom. The number of halogens is 2. The molecule has 0 aromatic rings. The Kier molecular flexibility index (Phi) is 9.68. The van der Waals surface area contributed by atoms with E-state index in [1.54, 1.807) is 0 Å². The van der Waals surface area contributed by atoms with Crippen molar-refractivity contribution in [3.05, 3.63) is 0 Å². The second-order valence-corrected chi connectivity index (χ2v) is 22.3. The zero-order valence-electron chi connectivity index (χ0n) is 20.2. The molecule has 31 heavy (non-hydrogen) atoms. The first-order valence-corrected chi connectivity index (χ1v) is 17.8. The van der Waals surface area contributed by atoms with E-state index in [1.807, 2.05) is 34.6 Å². The molecule has 4 aliphatic heterocycles. The second kappa shape index (κ2) is 10.7. The predicted molar refractivity (Wildman–Crippen MR) is 129 cm³/mol. The van der Waals surface area contributed by atoms with Gasteiger partial charge in [0, 0.05) is 0 Å². The molecule has 0 radical (unpaired) electrons. The van der Waals surface area contributed by atoms with Crippen molar-refractivity contribution in [1.29, 1.82) is 0 Å².